The van der Waals surface area contributed by atoms with E-state index in [1.54, 1.807) is 4.90 Å². The third kappa shape index (κ3) is 3.20. The fraction of sp³-hybridized carbons (Fsp3) is 0.533. The molecule has 2 saturated heterocycles. The second-order valence-corrected chi connectivity index (χ2v) is 6.04. The average molecular weight is 312 g/mol. The number of benzene rings is 1. The van der Waals surface area contributed by atoms with Crippen molar-refractivity contribution in [3.63, 3.8) is 0 Å². The van der Waals surface area contributed by atoms with Crippen molar-refractivity contribution in [2.45, 2.75) is 12.5 Å². The van der Waals surface area contributed by atoms with Gasteiger partial charge >= 0.3 is 0 Å². The highest BCUT2D eigenvalue weighted by Crippen LogP contribution is 2.21. The molecule has 2 fully saturated rings. The Morgan fingerprint density at radius 3 is 2.81 bits per heavy atom. The molecule has 21 heavy (non-hydrogen) atoms. The predicted molar refractivity (Wildman–Crippen MR) is 80.2 cm³/mol. The van der Waals surface area contributed by atoms with E-state index >= 15 is 0 Å². The van der Waals surface area contributed by atoms with Crippen LogP contribution in [0.15, 0.2) is 18.2 Å². The molecule has 0 saturated carbocycles. The summed E-state index contributed by atoms with van der Waals surface area (Å²) in [7, 11) is 0. The van der Waals surface area contributed by atoms with Crippen LogP contribution >= 0.6 is 11.6 Å². The van der Waals surface area contributed by atoms with Gasteiger partial charge in [0.05, 0.1) is 5.56 Å². The van der Waals surface area contributed by atoms with E-state index in [2.05, 4.69) is 10.2 Å². The molecule has 0 spiro atoms. The number of hydrogen-bond donors (Lipinski definition) is 1. The summed E-state index contributed by atoms with van der Waals surface area (Å²) in [4.78, 5) is 16.6. The number of nitrogens with zero attached hydrogens (tertiary/aromatic N) is 2. The molecule has 0 bridgehead atoms. The molecule has 2 aliphatic heterocycles. The lowest BCUT2D eigenvalue weighted by molar-refractivity contribution is 0.0769. The normalized spacial score (nSPS) is 23.5. The summed E-state index contributed by atoms with van der Waals surface area (Å²) < 4.78 is 13.8. The van der Waals surface area contributed by atoms with Gasteiger partial charge in [-0.1, -0.05) is 11.6 Å². The fourth-order valence-corrected chi connectivity index (χ4v) is 3.28. The van der Waals surface area contributed by atoms with Crippen LogP contribution in [0.1, 0.15) is 16.8 Å². The molecule has 1 amide bonds. The quantitative estimate of drug-likeness (QED) is 0.901. The number of rotatable bonds is 2. The predicted octanol–water partition coefficient (Wildman–Crippen LogP) is 1.60. The van der Waals surface area contributed by atoms with Crippen molar-refractivity contribution < 1.29 is 9.18 Å². The lowest BCUT2D eigenvalue weighted by atomic mass is 10.2. The lowest BCUT2D eigenvalue weighted by Crippen LogP contribution is -2.49. The standard InChI is InChI=1S/C15H19ClFN3O/c16-11-1-2-14(17)13(9-11)15(21)20-6-3-12(10-20)19-7-4-18-5-8-19/h1-2,9,12,18H,3-8,10H2. The Bertz CT molecular complexity index is 534. The Hall–Kier alpha value is -1.17. The smallest absolute Gasteiger partial charge is 0.256 e. The Morgan fingerprint density at radius 2 is 2.05 bits per heavy atom. The number of carbonyl (C=O) groups is 1. The van der Waals surface area contributed by atoms with Crippen LogP contribution in [-0.2, 0) is 0 Å². The van der Waals surface area contributed by atoms with Gasteiger partial charge in [-0.3, -0.25) is 9.69 Å². The number of likely N-dealkylation sites (tertiary alicyclic amines) is 1. The molecule has 1 aromatic rings. The summed E-state index contributed by atoms with van der Waals surface area (Å²) in [5.41, 5.74) is 0.0726. The first kappa shape index (κ1) is 14.8. The van der Waals surface area contributed by atoms with E-state index < -0.39 is 5.82 Å². The van der Waals surface area contributed by atoms with Crippen LogP contribution in [-0.4, -0.2) is 61.0 Å². The summed E-state index contributed by atoms with van der Waals surface area (Å²) >= 11 is 5.87. The van der Waals surface area contributed by atoms with Crippen molar-refractivity contribution in [2.75, 3.05) is 39.3 Å². The highest BCUT2D eigenvalue weighted by Gasteiger charge is 2.32. The highest BCUT2D eigenvalue weighted by molar-refractivity contribution is 6.31. The molecule has 1 unspecified atom stereocenters. The summed E-state index contributed by atoms with van der Waals surface area (Å²) in [6.07, 6.45) is 0.952. The van der Waals surface area contributed by atoms with E-state index in [1.807, 2.05) is 0 Å². The molecule has 3 rings (SSSR count). The van der Waals surface area contributed by atoms with Gasteiger partial charge in [0.1, 0.15) is 5.82 Å². The van der Waals surface area contributed by atoms with Gasteiger partial charge in [0.15, 0.2) is 0 Å². The lowest BCUT2D eigenvalue weighted by Gasteiger charge is -2.32. The van der Waals surface area contributed by atoms with Crippen molar-refractivity contribution in [3.05, 3.63) is 34.6 Å². The maximum atomic E-state index is 13.8. The van der Waals surface area contributed by atoms with Crippen molar-refractivity contribution in [1.29, 1.82) is 0 Å². The van der Waals surface area contributed by atoms with Gasteiger partial charge in [0, 0.05) is 50.3 Å². The van der Waals surface area contributed by atoms with E-state index in [0.717, 1.165) is 32.6 Å². The first-order chi connectivity index (χ1) is 10.1. The number of nitrogens with one attached hydrogen (secondary N) is 1. The zero-order chi connectivity index (χ0) is 14.8. The van der Waals surface area contributed by atoms with Crippen LogP contribution in [0.5, 0.6) is 0 Å². The minimum atomic E-state index is -0.505. The molecule has 1 N–H and O–H groups in total. The Labute approximate surface area is 128 Å². The van der Waals surface area contributed by atoms with Crippen LogP contribution in [0.25, 0.3) is 0 Å². The van der Waals surface area contributed by atoms with Gasteiger partial charge in [0.2, 0.25) is 0 Å². The Kier molecular flexibility index (Phi) is 4.42. The van der Waals surface area contributed by atoms with Crippen molar-refractivity contribution in [2.24, 2.45) is 0 Å². The molecule has 0 radical (unpaired) electrons. The van der Waals surface area contributed by atoms with Crippen LogP contribution in [0.4, 0.5) is 4.39 Å². The number of piperazine rings is 1. The van der Waals surface area contributed by atoms with Crippen LogP contribution in [0.3, 0.4) is 0 Å². The molecule has 1 aromatic carbocycles. The molecule has 1 atom stereocenters. The number of amides is 1. The molecule has 2 heterocycles. The SMILES string of the molecule is O=C(c1cc(Cl)ccc1F)N1CCC(N2CCNCC2)C1. The summed E-state index contributed by atoms with van der Waals surface area (Å²) in [6.45, 7) is 5.36. The second kappa shape index (κ2) is 6.30. The Balaban J connectivity index is 1.67. The number of halogens is 2. The number of hydrogen-bond acceptors (Lipinski definition) is 3. The topological polar surface area (TPSA) is 35.6 Å². The summed E-state index contributed by atoms with van der Waals surface area (Å²) in [6, 6.07) is 4.51. The largest absolute Gasteiger partial charge is 0.337 e. The van der Waals surface area contributed by atoms with E-state index in [1.165, 1.54) is 18.2 Å². The monoisotopic (exact) mass is 311 g/mol. The second-order valence-electron chi connectivity index (χ2n) is 5.60. The third-order valence-electron chi connectivity index (χ3n) is 4.28. The van der Waals surface area contributed by atoms with E-state index in [9.17, 15) is 9.18 Å². The van der Waals surface area contributed by atoms with Crippen molar-refractivity contribution in [3.8, 4) is 0 Å². The molecule has 4 nitrogen and oxygen atoms in total. The van der Waals surface area contributed by atoms with Gasteiger partial charge in [-0.05, 0) is 24.6 Å². The van der Waals surface area contributed by atoms with Gasteiger partial charge in [-0.25, -0.2) is 4.39 Å². The first-order valence-corrected chi connectivity index (χ1v) is 7.72. The van der Waals surface area contributed by atoms with Gasteiger partial charge in [-0.15, -0.1) is 0 Å². The van der Waals surface area contributed by atoms with Gasteiger partial charge < -0.3 is 10.2 Å². The minimum Gasteiger partial charge on any atom is -0.337 e. The van der Waals surface area contributed by atoms with E-state index in [0.29, 0.717) is 24.2 Å². The van der Waals surface area contributed by atoms with Crippen LogP contribution in [0, 0.1) is 5.82 Å². The molecule has 0 aromatic heterocycles. The van der Waals surface area contributed by atoms with Crippen LogP contribution in [0.2, 0.25) is 5.02 Å². The van der Waals surface area contributed by atoms with Crippen molar-refractivity contribution in [1.82, 2.24) is 15.1 Å². The molecule has 6 heteroatoms. The summed E-state index contributed by atoms with van der Waals surface area (Å²) in [5.74, 6) is -0.761. The van der Waals surface area contributed by atoms with Gasteiger partial charge in [-0.2, -0.15) is 0 Å². The van der Waals surface area contributed by atoms with Crippen LogP contribution < -0.4 is 5.32 Å². The zero-order valence-electron chi connectivity index (χ0n) is 11.8. The maximum absolute atomic E-state index is 13.8. The number of carbonyl (C=O) groups excluding carboxylic acids is 1. The van der Waals surface area contributed by atoms with E-state index in [4.69, 9.17) is 11.6 Å². The first-order valence-electron chi connectivity index (χ1n) is 7.34. The average Bonchev–Trinajstić information content (AvgIpc) is 3.00. The van der Waals surface area contributed by atoms with E-state index in [-0.39, 0.29) is 11.5 Å². The molecule has 2 aliphatic rings. The summed E-state index contributed by atoms with van der Waals surface area (Å²) in [5, 5.41) is 3.71. The zero-order valence-corrected chi connectivity index (χ0v) is 12.6. The molecule has 0 aliphatic carbocycles. The minimum absolute atomic E-state index is 0.0726. The fourth-order valence-electron chi connectivity index (χ4n) is 3.10. The van der Waals surface area contributed by atoms with Gasteiger partial charge in [0.25, 0.3) is 5.91 Å². The van der Waals surface area contributed by atoms with Crippen molar-refractivity contribution >= 4 is 17.5 Å². The third-order valence-corrected chi connectivity index (χ3v) is 4.51. The maximum Gasteiger partial charge on any atom is 0.256 e. The highest BCUT2D eigenvalue weighted by atomic mass is 35.5. The molecule has 114 valence electrons. The Morgan fingerprint density at radius 1 is 1.29 bits per heavy atom. The molecular weight excluding hydrogens is 293 g/mol. The molecular formula is C15H19ClFN3O.